The van der Waals surface area contributed by atoms with E-state index >= 15 is 0 Å². The number of benzene rings is 1. The summed E-state index contributed by atoms with van der Waals surface area (Å²) in [5.74, 6) is 0.504. The highest BCUT2D eigenvalue weighted by molar-refractivity contribution is 7.16. The number of furan rings is 1. The van der Waals surface area contributed by atoms with E-state index in [0.29, 0.717) is 22.7 Å². The Bertz CT molecular complexity index is 1100. The monoisotopic (exact) mass is 439 g/mol. The van der Waals surface area contributed by atoms with Crippen molar-refractivity contribution in [2.24, 2.45) is 0 Å². The van der Waals surface area contributed by atoms with Gasteiger partial charge in [0, 0.05) is 4.88 Å². The lowest BCUT2D eigenvalue weighted by molar-refractivity contribution is 0.0527. The largest absolute Gasteiger partial charge is 0.485 e. The zero-order chi connectivity index (χ0) is 22.4. The molecule has 3 rings (SSSR count). The van der Waals surface area contributed by atoms with Crippen molar-refractivity contribution in [1.29, 1.82) is 0 Å². The van der Waals surface area contributed by atoms with Crippen LogP contribution >= 0.6 is 11.3 Å². The molecule has 3 aromatic rings. The van der Waals surface area contributed by atoms with E-state index in [1.165, 1.54) is 11.3 Å². The van der Waals surface area contributed by atoms with Crippen LogP contribution in [-0.2, 0) is 17.8 Å². The molecule has 1 aromatic carbocycles. The van der Waals surface area contributed by atoms with Crippen LogP contribution in [0, 0.1) is 13.8 Å². The summed E-state index contributed by atoms with van der Waals surface area (Å²) in [5, 5.41) is 3.22. The number of para-hydroxylation sites is 1. The third-order valence-corrected chi connectivity index (χ3v) is 5.81. The van der Waals surface area contributed by atoms with Crippen LogP contribution in [0.1, 0.15) is 49.6 Å². The van der Waals surface area contributed by atoms with Crippen LogP contribution in [-0.4, -0.2) is 18.5 Å². The van der Waals surface area contributed by atoms with Crippen LogP contribution in [0.3, 0.4) is 0 Å². The molecule has 7 heteroatoms. The molecule has 0 spiro atoms. The predicted molar refractivity (Wildman–Crippen MR) is 121 cm³/mol. The van der Waals surface area contributed by atoms with Gasteiger partial charge in [-0.2, -0.15) is 0 Å². The van der Waals surface area contributed by atoms with Gasteiger partial charge in [0.1, 0.15) is 23.1 Å². The van der Waals surface area contributed by atoms with E-state index in [0.717, 1.165) is 21.8 Å². The second-order valence-electron chi connectivity index (χ2n) is 6.82. The first-order chi connectivity index (χ1) is 14.9. The average Bonchev–Trinajstić information content (AvgIpc) is 3.32. The van der Waals surface area contributed by atoms with Crippen LogP contribution < -0.4 is 10.1 Å². The van der Waals surface area contributed by atoms with Crippen LogP contribution in [0.2, 0.25) is 0 Å². The number of ether oxygens (including phenoxy) is 2. The molecule has 2 aromatic heterocycles. The number of hydrogen-bond donors (Lipinski definition) is 1. The maximum Gasteiger partial charge on any atom is 0.341 e. The second kappa shape index (κ2) is 10.1. The topological polar surface area (TPSA) is 77.8 Å². The maximum absolute atomic E-state index is 12.7. The van der Waals surface area contributed by atoms with Crippen molar-refractivity contribution in [1.82, 2.24) is 0 Å². The molecular formula is C24H25NO5S. The van der Waals surface area contributed by atoms with Gasteiger partial charge in [-0.05, 0) is 56.5 Å². The Labute approximate surface area is 185 Å². The van der Waals surface area contributed by atoms with E-state index in [-0.39, 0.29) is 19.0 Å². The zero-order valence-electron chi connectivity index (χ0n) is 17.8. The van der Waals surface area contributed by atoms with Crippen molar-refractivity contribution in [3.63, 3.8) is 0 Å². The molecule has 0 atom stereocenters. The molecule has 1 amide bonds. The first-order valence-corrected chi connectivity index (χ1v) is 10.7. The van der Waals surface area contributed by atoms with Gasteiger partial charge in [-0.1, -0.05) is 24.3 Å². The van der Waals surface area contributed by atoms with Crippen LogP contribution in [0.4, 0.5) is 5.00 Å². The minimum atomic E-state index is -0.452. The normalized spacial score (nSPS) is 10.5. The number of carbonyl (C=O) groups excluding carboxylic acids is 2. The van der Waals surface area contributed by atoms with Crippen molar-refractivity contribution in [3.8, 4) is 5.75 Å². The second-order valence-corrected chi connectivity index (χ2v) is 8.04. The fourth-order valence-corrected chi connectivity index (χ4v) is 4.07. The van der Waals surface area contributed by atoms with Crippen molar-refractivity contribution in [2.75, 3.05) is 11.9 Å². The molecule has 0 radical (unpaired) electrons. The fraction of sp³-hybridized carbons (Fsp3) is 0.250. The summed E-state index contributed by atoms with van der Waals surface area (Å²) in [4.78, 5) is 25.9. The summed E-state index contributed by atoms with van der Waals surface area (Å²) in [6, 6.07) is 11.0. The van der Waals surface area contributed by atoms with Gasteiger partial charge in [0.05, 0.1) is 12.2 Å². The first kappa shape index (κ1) is 22.4. The van der Waals surface area contributed by atoms with Gasteiger partial charge in [-0.25, -0.2) is 4.79 Å². The maximum atomic E-state index is 12.7. The lowest BCUT2D eigenvalue weighted by Gasteiger charge is -2.09. The molecule has 6 nitrogen and oxygen atoms in total. The van der Waals surface area contributed by atoms with E-state index in [9.17, 15) is 9.59 Å². The number of carbonyl (C=O) groups is 2. The zero-order valence-corrected chi connectivity index (χ0v) is 18.6. The molecule has 0 aliphatic heterocycles. The Hall–Kier alpha value is -3.32. The molecule has 0 aliphatic rings. The SMILES string of the molecule is C=CCc1ccccc1OCc1ccc(C(=O)Nc2sc(C)c(C)c2C(=O)OCC)o1. The molecule has 0 saturated heterocycles. The number of thiophene rings is 1. The summed E-state index contributed by atoms with van der Waals surface area (Å²) in [6.45, 7) is 9.68. The molecule has 31 heavy (non-hydrogen) atoms. The van der Waals surface area contributed by atoms with E-state index in [4.69, 9.17) is 13.9 Å². The van der Waals surface area contributed by atoms with Crippen molar-refractivity contribution in [2.45, 2.75) is 33.8 Å². The quantitative estimate of drug-likeness (QED) is 0.342. The smallest absolute Gasteiger partial charge is 0.341 e. The number of rotatable bonds is 9. The molecule has 162 valence electrons. The van der Waals surface area contributed by atoms with E-state index in [1.54, 1.807) is 19.1 Å². The molecule has 0 fully saturated rings. The highest BCUT2D eigenvalue weighted by atomic mass is 32.1. The van der Waals surface area contributed by atoms with Crippen molar-refractivity contribution >= 4 is 28.2 Å². The predicted octanol–water partition coefficient (Wildman–Crippen LogP) is 5.69. The third-order valence-electron chi connectivity index (χ3n) is 4.68. The number of anilines is 1. The lowest BCUT2D eigenvalue weighted by atomic mass is 10.1. The highest BCUT2D eigenvalue weighted by Crippen LogP contribution is 2.33. The lowest BCUT2D eigenvalue weighted by Crippen LogP contribution is -2.14. The summed E-state index contributed by atoms with van der Waals surface area (Å²) >= 11 is 1.33. The summed E-state index contributed by atoms with van der Waals surface area (Å²) in [7, 11) is 0. The van der Waals surface area contributed by atoms with E-state index < -0.39 is 11.9 Å². The fourth-order valence-electron chi connectivity index (χ4n) is 3.02. The summed E-state index contributed by atoms with van der Waals surface area (Å²) in [6.07, 6.45) is 2.51. The number of nitrogens with one attached hydrogen (secondary N) is 1. The Balaban J connectivity index is 1.70. The van der Waals surface area contributed by atoms with Crippen molar-refractivity contribution < 1.29 is 23.5 Å². The molecule has 0 aliphatic carbocycles. The summed E-state index contributed by atoms with van der Waals surface area (Å²) < 4.78 is 16.6. The Morgan fingerprint density at radius 3 is 2.71 bits per heavy atom. The standard InChI is InChI=1S/C24H25NO5S/c1-5-9-17-10-7-8-11-19(17)29-14-18-12-13-20(30-18)22(26)25-23-21(24(27)28-6-2)15(3)16(4)31-23/h5,7-8,10-13H,1,6,9,14H2,2-4H3,(H,25,26). The third kappa shape index (κ3) is 5.24. The Kier molecular flexibility index (Phi) is 7.31. The van der Waals surface area contributed by atoms with Crippen LogP contribution in [0.25, 0.3) is 0 Å². The molecule has 0 bridgehead atoms. The van der Waals surface area contributed by atoms with Crippen LogP contribution in [0.5, 0.6) is 5.75 Å². The Morgan fingerprint density at radius 1 is 1.19 bits per heavy atom. The molecule has 0 unspecified atom stereocenters. The number of aryl methyl sites for hydroxylation is 1. The number of esters is 1. The minimum absolute atomic E-state index is 0.136. The summed E-state index contributed by atoms with van der Waals surface area (Å²) in [5.41, 5.74) is 2.20. The molecule has 1 N–H and O–H groups in total. The van der Waals surface area contributed by atoms with Crippen LogP contribution in [0.15, 0.2) is 53.5 Å². The van der Waals surface area contributed by atoms with Crippen molar-refractivity contribution in [3.05, 3.63) is 82.1 Å². The van der Waals surface area contributed by atoms with E-state index in [1.807, 2.05) is 44.2 Å². The van der Waals surface area contributed by atoms with Gasteiger partial charge >= 0.3 is 5.97 Å². The Morgan fingerprint density at radius 2 is 1.97 bits per heavy atom. The number of allylic oxidation sites excluding steroid dienone is 1. The van der Waals surface area contributed by atoms with Gasteiger partial charge in [-0.15, -0.1) is 17.9 Å². The molecule has 2 heterocycles. The number of hydrogen-bond acceptors (Lipinski definition) is 6. The van der Waals surface area contributed by atoms with E-state index in [2.05, 4.69) is 11.9 Å². The average molecular weight is 440 g/mol. The molecular weight excluding hydrogens is 414 g/mol. The van der Waals surface area contributed by atoms with Gasteiger partial charge < -0.3 is 19.2 Å². The highest BCUT2D eigenvalue weighted by Gasteiger charge is 2.23. The van der Waals surface area contributed by atoms with Gasteiger partial charge in [0.15, 0.2) is 5.76 Å². The molecule has 0 saturated carbocycles. The van der Waals surface area contributed by atoms with Gasteiger partial charge in [-0.3, -0.25) is 4.79 Å². The number of amides is 1. The first-order valence-electron chi connectivity index (χ1n) is 9.93. The van der Waals surface area contributed by atoms with Gasteiger partial charge in [0.25, 0.3) is 5.91 Å². The minimum Gasteiger partial charge on any atom is -0.485 e. The van der Waals surface area contributed by atoms with Gasteiger partial charge in [0.2, 0.25) is 0 Å².